The van der Waals surface area contributed by atoms with Crippen LogP contribution >= 0.6 is 0 Å². The first kappa shape index (κ1) is 12.4. The van der Waals surface area contributed by atoms with E-state index in [2.05, 4.69) is 39.8 Å². The highest BCUT2D eigenvalue weighted by atomic mass is 16.5. The van der Waals surface area contributed by atoms with Crippen molar-refractivity contribution in [2.45, 2.75) is 32.2 Å². The first-order valence-electron chi connectivity index (χ1n) is 5.79. The zero-order chi connectivity index (χ0) is 11.5. The lowest BCUT2D eigenvalue weighted by molar-refractivity contribution is -0.894. The van der Waals surface area contributed by atoms with E-state index < -0.39 is 0 Å². The summed E-state index contributed by atoms with van der Waals surface area (Å²) in [5, 5.41) is 3.33. The van der Waals surface area contributed by atoms with E-state index >= 15 is 0 Å². The molecular formula is C12H25N2O+. The molecule has 3 heteroatoms. The fourth-order valence-electron chi connectivity index (χ4n) is 2.35. The van der Waals surface area contributed by atoms with E-state index in [0.29, 0.717) is 5.88 Å². The summed E-state index contributed by atoms with van der Waals surface area (Å²) < 4.78 is 6.44. The molecule has 1 atom stereocenters. The van der Waals surface area contributed by atoms with Crippen molar-refractivity contribution in [3.05, 3.63) is 12.5 Å². The molecule has 1 aliphatic rings. The number of likely N-dealkylation sites (N-methyl/N-ethyl adjacent to an activating group) is 1. The Labute approximate surface area is 93.7 Å². The van der Waals surface area contributed by atoms with Crippen molar-refractivity contribution in [1.29, 1.82) is 0 Å². The van der Waals surface area contributed by atoms with Crippen LogP contribution in [0.15, 0.2) is 12.5 Å². The molecule has 0 aromatic carbocycles. The third-order valence-corrected chi connectivity index (χ3v) is 2.90. The summed E-state index contributed by atoms with van der Waals surface area (Å²) >= 11 is 0. The summed E-state index contributed by atoms with van der Waals surface area (Å²) in [4.78, 5) is 0. The predicted molar refractivity (Wildman–Crippen MR) is 63.4 cm³/mol. The largest absolute Gasteiger partial charge is 0.477 e. The number of hydrogen-bond donors (Lipinski definition) is 1. The average Bonchev–Trinajstić information content (AvgIpc) is 2.41. The minimum Gasteiger partial charge on any atom is -0.477 e. The average molecular weight is 213 g/mol. The molecule has 0 amide bonds. The molecule has 0 aromatic heterocycles. The van der Waals surface area contributed by atoms with Crippen LogP contribution in [0.4, 0.5) is 0 Å². The van der Waals surface area contributed by atoms with E-state index in [0.717, 1.165) is 17.6 Å². The quantitative estimate of drug-likeness (QED) is 0.702. The van der Waals surface area contributed by atoms with Crippen LogP contribution in [-0.4, -0.2) is 43.8 Å². The van der Waals surface area contributed by atoms with E-state index in [1.807, 2.05) is 0 Å². The molecule has 0 bridgehead atoms. The van der Waals surface area contributed by atoms with Crippen molar-refractivity contribution in [2.75, 3.05) is 33.8 Å². The molecule has 1 N–H and O–H groups in total. The molecule has 0 saturated carbocycles. The first-order chi connectivity index (χ1) is 6.87. The number of ether oxygens (including phenoxy) is 1. The first-order valence-corrected chi connectivity index (χ1v) is 5.79. The van der Waals surface area contributed by atoms with E-state index in [4.69, 9.17) is 4.74 Å². The highest BCUT2D eigenvalue weighted by Gasteiger charge is 2.38. The second kappa shape index (κ2) is 4.44. The van der Waals surface area contributed by atoms with Gasteiger partial charge >= 0.3 is 0 Å². The van der Waals surface area contributed by atoms with Crippen molar-refractivity contribution in [2.24, 2.45) is 0 Å². The second-order valence-electron chi connectivity index (χ2n) is 5.57. The topological polar surface area (TPSA) is 21.3 Å². The van der Waals surface area contributed by atoms with Crippen molar-refractivity contribution >= 4 is 0 Å². The number of nitrogens with zero attached hydrogens (tertiary/aromatic N) is 1. The van der Waals surface area contributed by atoms with Crippen LogP contribution in [0.1, 0.15) is 26.7 Å². The molecule has 1 rings (SSSR count). The summed E-state index contributed by atoms with van der Waals surface area (Å²) in [5.41, 5.74) is 0.0499. The van der Waals surface area contributed by atoms with E-state index in [1.165, 1.54) is 19.4 Å². The van der Waals surface area contributed by atoms with Crippen LogP contribution in [0.3, 0.4) is 0 Å². The van der Waals surface area contributed by atoms with Crippen LogP contribution in [0.5, 0.6) is 0 Å². The summed E-state index contributed by atoms with van der Waals surface area (Å²) in [5.74, 6) is 0.716. The number of quaternary nitrogens is 1. The van der Waals surface area contributed by atoms with Crippen LogP contribution in [-0.2, 0) is 4.74 Å². The summed E-state index contributed by atoms with van der Waals surface area (Å²) in [6.07, 6.45) is 2.54. The Morgan fingerprint density at radius 1 is 1.53 bits per heavy atom. The Hall–Kier alpha value is -0.700. The number of rotatable bonds is 5. The van der Waals surface area contributed by atoms with Gasteiger partial charge in [0.2, 0.25) is 0 Å². The maximum absolute atomic E-state index is 5.40. The monoisotopic (exact) mass is 213 g/mol. The standard InChI is InChI=1S/C12H25N2O/c1-6-7-8-14(4,5)9-12(3)10-15-11(2)13-12/h13H,2,6-10H2,1,3-5H3/q+1. The highest BCUT2D eigenvalue weighted by molar-refractivity contribution is 4.99. The molecule has 1 saturated heterocycles. The fraction of sp³-hybridized carbons (Fsp3) is 0.833. The molecular weight excluding hydrogens is 188 g/mol. The molecule has 1 heterocycles. The second-order valence-corrected chi connectivity index (χ2v) is 5.57. The third kappa shape index (κ3) is 3.74. The van der Waals surface area contributed by atoms with Crippen LogP contribution in [0.2, 0.25) is 0 Å². The van der Waals surface area contributed by atoms with Crippen molar-refractivity contribution in [1.82, 2.24) is 5.32 Å². The van der Waals surface area contributed by atoms with Gasteiger partial charge in [0.05, 0.1) is 20.6 Å². The molecule has 0 radical (unpaired) electrons. The molecule has 0 aliphatic carbocycles. The zero-order valence-electron chi connectivity index (χ0n) is 10.6. The van der Waals surface area contributed by atoms with Crippen LogP contribution < -0.4 is 5.32 Å². The van der Waals surface area contributed by atoms with Crippen molar-refractivity contribution < 1.29 is 9.22 Å². The van der Waals surface area contributed by atoms with Gasteiger partial charge in [0.15, 0.2) is 5.88 Å². The van der Waals surface area contributed by atoms with Gasteiger partial charge in [-0.05, 0) is 19.9 Å². The predicted octanol–water partition coefficient (Wildman–Crippen LogP) is 1.71. The maximum Gasteiger partial charge on any atom is 0.180 e. The minimum absolute atomic E-state index is 0.0499. The maximum atomic E-state index is 5.40. The molecule has 88 valence electrons. The lowest BCUT2D eigenvalue weighted by atomic mass is 10.0. The molecule has 1 aliphatic heterocycles. The Kier molecular flexibility index (Phi) is 3.66. The van der Waals surface area contributed by atoms with Gasteiger partial charge in [-0.2, -0.15) is 0 Å². The Morgan fingerprint density at radius 3 is 2.67 bits per heavy atom. The van der Waals surface area contributed by atoms with E-state index in [1.54, 1.807) is 0 Å². The fourth-order valence-corrected chi connectivity index (χ4v) is 2.35. The van der Waals surface area contributed by atoms with E-state index in [-0.39, 0.29) is 5.54 Å². The molecule has 1 fully saturated rings. The Bertz CT molecular complexity index is 238. The molecule has 0 spiro atoms. The third-order valence-electron chi connectivity index (χ3n) is 2.90. The van der Waals surface area contributed by atoms with Gasteiger partial charge in [0.1, 0.15) is 18.7 Å². The van der Waals surface area contributed by atoms with Gasteiger partial charge in [0, 0.05) is 0 Å². The zero-order valence-corrected chi connectivity index (χ0v) is 10.6. The van der Waals surface area contributed by atoms with Gasteiger partial charge in [0.25, 0.3) is 0 Å². The number of hydrogen-bond acceptors (Lipinski definition) is 2. The van der Waals surface area contributed by atoms with Crippen molar-refractivity contribution in [3.8, 4) is 0 Å². The van der Waals surface area contributed by atoms with Gasteiger partial charge in [-0.15, -0.1) is 0 Å². The normalized spacial score (nSPS) is 26.3. The molecule has 1 unspecified atom stereocenters. The minimum atomic E-state index is 0.0499. The van der Waals surface area contributed by atoms with Gasteiger partial charge < -0.3 is 14.5 Å². The summed E-state index contributed by atoms with van der Waals surface area (Å²) in [6.45, 7) is 11.3. The number of nitrogens with one attached hydrogen (secondary N) is 1. The van der Waals surface area contributed by atoms with Crippen LogP contribution in [0, 0.1) is 0 Å². The van der Waals surface area contributed by atoms with Crippen LogP contribution in [0.25, 0.3) is 0 Å². The van der Waals surface area contributed by atoms with Gasteiger partial charge in [-0.25, -0.2) is 0 Å². The molecule has 15 heavy (non-hydrogen) atoms. The lowest BCUT2D eigenvalue weighted by Crippen LogP contribution is -2.56. The highest BCUT2D eigenvalue weighted by Crippen LogP contribution is 2.20. The summed E-state index contributed by atoms with van der Waals surface area (Å²) in [7, 11) is 4.56. The van der Waals surface area contributed by atoms with Gasteiger partial charge in [-0.1, -0.05) is 13.3 Å². The van der Waals surface area contributed by atoms with E-state index in [9.17, 15) is 0 Å². The molecule has 0 aromatic rings. The smallest absolute Gasteiger partial charge is 0.180 e. The summed E-state index contributed by atoms with van der Waals surface area (Å²) in [6, 6.07) is 0. The number of unbranched alkanes of at least 4 members (excludes halogenated alkanes) is 1. The van der Waals surface area contributed by atoms with Gasteiger partial charge in [-0.3, -0.25) is 0 Å². The lowest BCUT2D eigenvalue weighted by Gasteiger charge is -2.36. The van der Waals surface area contributed by atoms with Crippen molar-refractivity contribution in [3.63, 3.8) is 0 Å². The Morgan fingerprint density at radius 2 is 2.20 bits per heavy atom. The molecule has 3 nitrogen and oxygen atoms in total. The SMILES string of the molecule is C=C1NC(C)(C[N+](C)(C)CCCC)CO1. The Balaban J connectivity index is 2.48.